The van der Waals surface area contributed by atoms with Crippen molar-refractivity contribution in [2.24, 2.45) is 0 Å². The average Bonchev–Trinajstić information content (AvgIpc) is 2.86. The summed E-state index contributed by atoms with van der Waals surface area (Å²) in [5, 5.41) is 20.4. The molecule has 2 aromatic carbocycles. The normalized spacial score (nSPS) is 12.2. The lowest BCUT2D eigenvalue weighted by Gasteiger charge is -2.35. The Hall–Kier alpha value is -3.51. The monoisotopic (exact) mass is 452 g/mol. The molecular weight excluding hydrogens is 424 g/mol. The zero-order valence-electron chi connectivity index (χ0n) is 18.9. The summed E-state index contributed by atoms with van der Waals surface area (Å²) in [5.41, 5.74) is 0.907. The summed E-state index contributed by atoms with van der Waals surface area (Å²) in [6.45, 7) is 1.12. The number of ether oxygens (including phenoxy) is 1. The molecule has 0 fully saturated rings. The van der Waals surface area contributed by atoms with Gasteiger partial charge in [-0.2, -0.15) is 0 Å². The number of Topliss-reactive ketones (excluding diaryl/α,β-unsaturated/α-hetero) is 1. The van der Waals surface area contributed by atoms with Crippen molar-refractivity contribution >= 4 is 17.6 Å². The van der Waals surface area contributed by atoms with Gasteiger partial charge in [0.1, 0.15) is 6.61 Å². The molecular formula is C25H28N2O6. The van der Waals surface area contributed by atoms with Crippen LogP contribution < -0.4 is 5.32 Å². The van der Waals surface area contributed by atoms with E-state index in [9.17, 15) is 19.5 Å². The van der Waals surface area contributed by atoms with Gasteiger partial charge in [-0.15, -0.1) is 0 Å². The molecule has 0 radical (unpaired) electrons. The second kappa shape index (κ2) is 11.9. The standard InChI is InChI=1S/C25H28N2O6/c1-25(22(30)16-29,24(32)26-2)27(3)23(31)21-12-10-19(11-13-21)5-4-18-6-8-20(9-7-18)17-33-15-14-28/h6-13,28-29H,14-17H2,1-3H3,(H,26,32)/t25-/m1/s1. The first-order valence-corrected chi connectivity index (χ1v) is 10.3. The van der Waals surface area contributed by atoms with Crippen molar-refractivity contribution in [1.82, 2.24) is 10.2 Å². The van der Waals surface area contributed by atoms with E-state index in [1.807, 2.05) is 24.3 Å². The maximum absolute atomic E-state index is 12.9. The number of carbonyl (C=O) groups excluding carboxylic acids is 3. The first-order valence-electron chi connectivity index (χ1n) is 10.3. The molecule has 8 nitrogen and oxygen atoms in total. The van der Waals surface area contributed by atoms with Crippen LogP contribution in [0.3, 0.4) is 0 Å². The molecule has 0 unspecified atom stereocenters. The molecule has 0 aliphatic carbocycles. The predicted octanol–water partition coefficient (Wildman–Crippen LogP) is 0.733. The lowest BCUT2D eigenvalue weighted by Crippen LogP contribution is -2.62. The lowest BCUT2D eigenvalue weighted by molar-refractivity contribution is -0.143. The van der Waals surface area contributed by atoms with Crippen LogP contribution in [-0.4, -0.2) is 72.2 Å². The van der Waals surface area contributed by atoms with Crippen LogP contribution in [-0.2, 0) is 20.9 Å². The van der Waals surface area contributed by atoms with Crippen LogP contribution in [0.4, 0.5) is 0 Å². The second-order valence-corrected chi connectivity index (χ2v) is 7.40. The number of nitrogens with one attached hydrogen (secondary N) is 1. The Kier molecular flexibility index (Phi) is 9.30. The molecule has 1 atom stereocenters. The molecule has 33 heavy (non-hydrogen) atoms. The number of carbonyl (C=O) groups is 3. The molecule has 2 aromatic rings. The summed E-state index contributed by atoms with van der Waals surface area (Å²) < 4.78 is 5.27. The van der Waals surface area contributed by atoms with E-state index in [0.29, 0.717) is 18.8 Å². The third-order valence-electron chi connectivity index (χ3n) is 5.27. The number of ketones is 1. The summed E-state index contributed by atoms with van der Waals surface area (Å²) in [5.74, 6) is 4.05. The Balaban J connectivity index is 2.13. The molecule has 174 valence electrons. The van der Waals surface area contributed by atoms with Crippen molar-refractivity contribution in [3.8, 4) is 11.8 Å². The number of likely N-dealkylation sites (N-methyl/N-ethyl adjacent to an activating group) is 2. The van der Waals surface area contributed by atoms with Crippen LogP contribution >= 0.6 is 0 Å². The number of nitrogens with zero attached hydrogens (tertiary/aromatic N) is 1. The smallest absolute Gasteiger partial charge is 0.254 e. The molecule has 8 heteroatoms. The van der Waals surface area contributed by atoms with Gasteiger partial charge < -0.3 is 25.2 Å². The second-order valence-electron chi connectivity index (χ2n) is 7.40. The van der Waals surface area contributed by atoms with Gasteiger partial charge in [0, 0.05) is 30.8 Å². The fourth-order valence-corrected chi connectivity index (χ4v) is 3.04. The van der Waals surface area contributed by atoms with Crippen molar-refractivity contribution in [1.29, 1.82) is 0 Å². The van der Waals surface area contributed by atoms with Crippen LogP contribution in [0.15, 0.2) is 48.5 Å². The topological polar surface area (TPSA) is 116 Å². The summed E-state index contributed by atoms with van der Waals surface area (Å²) in [6.07, 6.45) is 0. The van der Waals surface area contributed by atoms with Gasteiger partial charge in [-0.3, -0.25) is 14.4 Å². The molecule has 3 N–H and O–H groups in total. The summed E-state index contributed by atoms with van der Waals surface area (Å²) in [7, 11) is 2.70. The number of rotatable bonds is 9. The Morgan fingerprint density at radius 1 is 1.00 bits per heavy atom. The maximum Gasteiger partial charge on any atom is 0.254 e. The van der Waals surface area contributed by atoms with Crippen LogP contribution in [0.5, 0.6) is 0 Å². The summed E-state index contributed by atoms with van der Waals surface area (Å²) in [6, 6.07) is 14.0. The molecule has 0 spiro atoms. The zero-order chi connectivity index (χ0) is 24.4. The predicted molar refractivity (Wildman–Crippen MR) is 122 cm³/mol. The first-order chi connectivity index (χ1) is 15.8. The Labute approximate surface area is 193 Å². The molecule has 0 bridgehead atoms. The van der Waals surface area contributed by atoms with Crippen molar-refractivity contribution in [2.45, 2.75) is 19.1 Å². The molecule has 0 heterocycles. The van der Waals surface area contributed by atoms with Crippen molar-refractivity contribution in [2.75, 3.05) is 33.9 Å². The van der Waals surface area contributed by atoms with Crippen molar-refractivity contribution in [3.63, 3.8) is 0 Å². The fourth-order valence-electron chi connectivity index (χ4n) is 3.04. The molecule has 2 rings (SSSR count). The van der Waals surface area contributed by atoms with Crippen LogP contribution in [0.25, 0.3) is 0 Å². The number of benzene rings is 2. The highest BCUT2D eigenvalue weighted by Gasteiger charge is 2.46. The zero-order valence-corrected chi connectivity index (χ0v) is 18.9. The van der Waals surface area contributed by atoms with E-state index in [1.165, 1.54) is 21.0 Å². The van der Waals surface area contributed by atoms with Gasteiger partial charge in [0.05, 0.1) is 19.8 Å². The van der Waals surface area contributed by atoms with Gasteiger partial charge in [0.2, 0.25) is 0 Å². The molecule has 0 saturated carbocycles. The highest BCUT2D eigenvalue weighted by molar-refractivity contribution is 6.14. The van der Waals surface area contributed by atoms with Crippen LogP contribution in [0.1, 0.15) is 34.0 Å². The Morgan fingerprint density at radius 2 is 1.55 bits per heavy atom. The van der Waals surface area contributed by atoms with Crippen LogP contribution in [0.2, 0.25) is 0 Å². The van der Waals surface area contributed by atoms with Gasteiger partial charge in [0.25, 0.3) is 11.8 Å². The van der Waals surface area contributed by atoms with E-state index in [1.54, 1.807) is 24.3 Å². The molecule has 0 saturated heterocycles. The summed E-state index contributed by atoms with van der Waals surface area (Å²) >= 11 is 0. The first kappa shape index (κ1) is 25.7. The Morgan fingerprint density at radius 3 is 2.03 bits per heavy atom. The highest BCUT2D eigenvalue weighted by atomic mass is 16.5. The fraction of sp³-hybridized carbons (Fsp3) is 0.320. The van der Waals surface area contributed by atoms with Crippen molar-refractivity contribution in [3.05, 3.63) is 70.8 Å². The van der Waals surface area contributed by atoms with Crippen molar-refractivity contribution < 1.29 is 29.3 Å². The molecule has 0 aliphatic heterocycles. The van der Waals surface area contributed by atoms with Gasteiger partial charge >= 0.3 is 0 Å². The quantitative estimate of drug-likeness (QED) is 0.294. The maximum atomic E-state index is 12.9. The van der Waals surface area contributed by atoms with E-state index in [4.69, 9.17) is 9.84 Å². The highest BCUT2D eigenvalue weighted by Crippen LogP contribution is 2.19. The number of hydrogen-bond donors (Lipinski definition) is 3. The SMILES string of the molecule is CNC(=O)[C@@](C)(C(=O)CO)N(C)C(=O)c1ccc(C#Cc2ccc(COCCO)cc2)cc1. The van der Waals surface area contributed by atoms with E-state index < -0.39 is 29.7 Å². The van der Waals surface area contributed by atoms with Gasteiger partial charge in [-0.1, -0.05) is 24.0 Å². The Bertz CT molecular complexity index is 1020. The van der Waals surface area contributed by atoms with Gasteiger partial charge in [-0.05, 0) is 48.9 Å². The average molecular weight is 453 g/mol. The minimum absolute atomic E-state index is 0.0155. The van der Waals surface area contributed by atoms with E-state index in [0.717, 1.165) is 16.0 Å². The van der Waals surface area contributed by atoms with Crippen LogP contribution in [0, 0.1) is 11.8 Å². The van der Waals surface area contributed by atoms with E-state index in [2.05, 4.69) is 17.2 Å². The molecule has 0 aromatic heterocycles. The molecule has 2 amide bonds. The number of amides is 2. The third kappa shape index (κ3) is 6.26. The third-order valence-corrected chi connectivity index (χ3v) is 5.27. The summed E-state index contributed by atoms with van der Waals surface area (Å²) in [4.78, 5) is 38.5. The number of aliphatic hydroxyl groups is 2. The minimum atomic E-state index is -1.84. The minimum Gasteiger partial charge on any atom is -0.394 e. The van der Waals surface area contributed by atoms with Gasteiger partial charge in [0.15, 0.2) is 11.3 Å². The van der Waals surface area contributed by atoms with E-state index in [-0.39, 0.29) is 12.2 Å². The largest absolute Gasteiger partial charge is 0.394 e. The van der Waals surface area contributed by atoms with Gasteiger partial charge in [-0.25, -0.2) is 0 Å². The lowest BCUT2D eigenvalue weighted by atomic mass is 9.92. The number of hydrogen-bond acceptors (Lipinski definition) is 6. The molecule has 0 aliphatic rings. The van der Waals surface area contributed by atoms with E-state index >= 15 is 0 Å². The number of aliphatic hydroxyl groups excluding tert-OH is 2.